The van der Waals surface area contributed by atoms with E-state index in [-0.39, 0.29) is 12.0 Å². The van der Waals surface area contributed by atoms with Crippen LogP contribution < -0.4 is 14.8 Å². The molecule has 2 rings (SSSR count). The van der Waals surface area contributed by atoms with Crippen LogP contribution in [0.25, 0.3) is 0 Å². The van der Waals surface area contributed by atoms with E-state index in [4.69, 9.17) is 14.2 Å². The van der Waals surface area contributed by atoms with E-state index in [0.717, 1.165) is 29.9 Å². The molecule has 1 aliphatic rings. The molecule has 1 aliphatic heterocycles. The molecule has 0 spiro atoms. The first-order valence-corrected chi connectivity index (χ1v) is 6.85. The fourth-order valence-electron chi connectivity index (χ4n) is 2.30. The Morgan fingerprint density at radius 3 is 2.90 bits per heavy atom. The van der Waals surface area contributed by atoms with Crippen molar-refractivity contribution in [2.24, 2.45) is 0 Å². The first-order valence-electron chi connectivity index (χ1n) is 6.85. The van der Waals surface area contributed by atoms with Gasteiger partial charge in [0.2, 0.25) is 5.91 Å². The number of benzene rings is 1. The van der Waals surface area contributed by atoms with Gasteiger partial charge in [-0.3, -0.25) is 4.79 Å². The highest BCUT2D eigenvalue weighted by Gasteiger charge is 2.22. The third-order valence-electron chi connectivity index (χ3n) is 3.40. The van der Waals surface area contributed by atoms with E-state index in [1.807, 2.05) is 18.2 Å². The van der Waals surface area contributed by atoms with Crippen LogP contribution in [0.4, 0.5) is 0 Å². The van der Waals surface area contributed by atoms with Crippen LogP contribution in [0, 0.1) is 0 Å². The third kappa shape index (κ3) is 3.63. The molecule has 5 nitrogen and oxygen atoms in total. The summed E-state index contributed by atoms with van der Waals surface area (Å²) in [5.41, 5.74) is 1.01. The monoisotopic (exact) mass is 279 g/mol. The molecule has 1 aromatic rings. The molecule has 20 heavy (non-hydrogen) atoms. The molecule has 110 valence electrons. The zero-order chi connectivity index (χ0) is 14.4. The Morgan fingerprint density at radius 1 is 1.40 bits per heavy atom. The van der Waals surface area contributed by atoms with Crippen LogP contribution in [0.1, 0.15) is 18.4 Å². The van der Waals surface area contributed by atoms with E-state index in [1.54, 1.807) is 14.2 Å². The second-order valence-corrected chi connectivity index (χ2v) is 4.72. The summed E-state index contributed by atoms with van der Waals surface area (Å²) in [5.74, 6) is 1.56. The van der Waals surface area contributed by atoms with Gasteiger partial charge in [0.15, 0.2) is 0 Å². The normalized spacial score (nSPS) is 17.8. The average molecular weight is 279 g/mol. The molecule has 1 heterocycles. The lowest BCUT2D eigenvalue weighted by Gasteiger charge is -2.13. The number of hydrogen-bond donors (Lipinski definition) is 1. The molecule has 1 atom stereocenters. The molecule has 1 saturated heterocycles. The highest BCUT2D eigenvalue weighted by molar-refractivity contribution is 5.80. The minimum absolute atomic E-state index is 0.0237. The van der Waals surface area contributed by atoms with Gasteiger partial charge in [-0.1, -0.05) is 0 Å². The molecular weight excluding hydrogens is 258 g/mol. The van der Waals surface area contributed by atoms with Gasteiger partial charge in [-0.2, -0.15) is 0 Å². The van der Waals surface area contributed by atoms with Gasteiger partial charge < -0.3 is 19.5 Å². The van der Waals surface area contributed by atoms with E-state index < -0.39 is 0 Å². The summed E-state index contributed by atoms with van der Waals surface area (Å²) in [4.78, 5) is 11.8. The fraction of sp³-hybridized carbons (Fsp3) is 0.533. The molecule has 0 aromatic heterocycles. The Bertz CT molecular complexity index is 455. The second-order valence-electron chi connectivity index (χ2n) is 4.72. The summed E-state index contributed by atoms with van der Waals surface area (Å²) in [7, 11) is 3.26. The molecule has 1 amide bonds. The van der Waals surface area contributed by atoms with Crippen LogP contribution in [-0.4, -0.2) is 39.4 Å². The Labute approximate surface area is 119 Å². The standard InChI is InChI=1S/C15H21NO4/c1-18-12-5-6-13(19-2)11(10-12)7-8-16-15(17)14-4-3-9-20-14/h5-6,10,14H,3-4,7-9H2,1-2H3,(H,16,17). The van der Waals surface area contributed by atoms with Crippen molar-refractivity contribution >= 4 is 5.91 Å². The minimum Gasteiger partial charge on any atom is -0.497 e. The number of methoxy groups -OCH3 is 2. The van der Waals surface area contributed by atoms with Crippen molar-refractivity contribution in [2.75, 3.05) is 27.4 Å². The van der Waals surface area contributed by atoms with Crippen molar-refractivity contribution in [3.63, 3.8) is 0 Å². The van der Waals surface area contributed by atoms with Crippen LogP contribution in [-0.2, 0) is 16.0 Å². The molecule has 0 bridgehead atoms. The maximum atomic E-state index is 11.8. The van der Waals surface area contributed by atoms with E-state index in [1.165, 1.54) is 0 Å². The quantitative estimate of drug-likeness (QED) is 0.858. The third-order valence-corrected chi connectivity index (χ3v) is 3.40. The number of amides is 1. The van der Waals surface area contributed by atoms with Crippen LogP contribution in [0.15, 0.2) is 18.2 Å². The molecule has 1 N–H and O–H groups in total. The topological polar surface area (TPSA) is 56.8 Å². The van der Waals surface area contributed by atoms with Gasteiger partial charge in [0.05, 0.1) is 14.2 Å². The number of rotatable bonds is 6. The van der Waals surface area contributed by atoms with Crippen LogP contribution in [0.3, 0.4) is 0 Å². The number of ether oxygens (including phenoxy) is 3. The van der Waals surface area contributed by atoms with Gasteiger partial charge in [0, 0.05) is 13.2 Å². The summed E-state index contributed by atoms with van der Waals surface area (Å²) < 4.78 is 15.9. The first-order chi connectivity index (χ1) is 9.74. The van der Waals surface area contributed by atoms with Crippen LogP contribution >= 0.6 is 0 Å². The summed E-state index contributed by atoms with van der Waals surface area (Å²) >= 11 is 0. The van der Waals surface area contributed by atoms with Crippen molar-refractivity contribution in [1.82, 2.24) is 5.32 Å². The van der Waals surface area contributed by atoms with Crippen molar-refractivity contribution in [2.45, 2.75) is 25.4 Å². The van der Waals surface area contributed by atoms with Gasteiger partial charge in [0.25, 0.3) is 0 Å². The van der Waals surface area contributed by atoms with E-state index in [2.05, 4.69) is 5.32 Å². The maximum absolute atomic E-state index is 11.8. The summed E-state index contributed by atoms with van der Waals surface area (Å²) in [6.45, 7) is 1.24. The molecule has 0 radical (unpaired) electrons. The van der Waals surface area contributed by atoms with Gasteiger partial charge in [-0.05, 0) is 43.0 Å². The van der Waals surface area contributed by atoms with Gasteiger partial charge in [0.1, 0.15) is 17.6 Å². The van der Waals surface area contributed by atoms with Crippen LogP contribution in [0.5, 0.6) is 11.5 Å². The Morgan fingerprint density at radius 2 is 2.25 bits per heavy atom. The number of carbonyl (C=O) groups is 1. The number of carbonyl (C=O) groups excluding carboxylic acids is 1. The SMILES string of the molecule is COc1ccc(OC)c(CCNC(=O)C2CCCO2)c1. The van der Waals surface area contributed by atoms with Gasteiger partial charge in [-0.15, -0.1) is 0 Å². The first kappa shape index (κ1) is 14.7. The Kier molecular flexibility index (Phi) is 5.24. The fourth-order valence-corrected chi connectivity index (χ4v) is 2.30. The summed E-state index contributed by atoms with van der Waals surface area (Å²) in [6, 6.07) is 5.65. The molecule has 0 saturated carbocycles. The smallest absolute Gasteiger partial charge is 0.249 e. The molecular formula is C15H21NO4. The zero-order valence-corrected chi connectivity index (χ0v) is 12.0. The second kappa shape index (κ2) is 7.14. The van der Waals surface area contributed by atoms with Crippen molar-refractivity contribution < 1.29 is 19.0 Å². The Hall–Kier alpha value is -1.75. The molecule has 1 fully saturated rings. The number of hydrogen-bond acceptors (Lipinski definition) is 4. The van der Waals surface area contributed by atoms with Crippen molar-refractivity contribution in [3.05, 3.63) is 23.8 Å². The highest BCUT2D eigenvalue weighted by atomic mass is 16.5. The minimum atomic E-state index is -0.276. The van der Waals surface area contributed by atoms with E-state index in [9.17, 15) is 4.79 Å². The highest BCUT2D eigenvalue weighted by Crippen LogP contribution is 2.24. The lowest BCUT2D eigenvalue weighted by molar-refractivity contribution is -0.129. The largest absolute Gasteiger partial charge is 0.497 e. The lowest BCUT2D eigenvalue weighted by Crippen LogP contribution is -2.35. The van der Waals surface area contributed by atoms with Gasteiger partial charge >= 0.3 is 0 Å². The van der Waals surface area contributed by atoms with E-state index >= 15 is 0 Å². The molecule has 5 heteroatoms. The van der Waals surface area contributed by atoms with Crippen LogP contribution in [0.2, 0.25) is 0 Å². The lowest BCUT2D eigenvalue weighted by atomic mass is 10.1. The molecule has 1 aromatic carbocycles. The Balaban J connectivity index is 1.87. The predicted octanol–water partition coefficient (Wildman–Crippen LogP) is 1.54. The molecule has 1 unspecified atom stereocenters. The van der Waals surface area contributed by atoms with Crippen molar-refractivity contribution in [3.8, 4) is 11.5 Å². The van der Waals surface area contributed by atoms with Crippen molar-refractivity contribution in [1.29, 1.82) is 0 Å². The average Bonchev–Trinajstić information content (AvgIpc) is 3.01. The molecule has 0 aliphatic carbocycles. The summed E-state index contributed by atoms with van der Waals surface area (Å²) in [6.07, 6.45) is 2.19. The predicted molar refractivity (Wildman–Crippen MR) is 75.2 cm³/mol. The summed E-state index contributed by atoms with van der Waals surface area (Å²) in [5, 5.41) is 2.90. The van der Waals surface area contributed by atoms with E-state index in [0.29, 0.717) is 19.6 Å². The van der Waals surface area contributed by atoms with Gasteiger partial charge in [-0.25, -0.2) is 0 Å². The maximum Gasteiger partial charge on any atom is 0.249 e. The zero-order valence-electron chi connectivity index (χ0n) is 12.0. The number of nitrogens with one attached hydrogen (secondary N) is 1.